The van der Waals surface area contributed by atoms with Crippen LogP contribution in [0.25, 0.3) is 5.57 Å². The fourth-order valence-electron chi connectivity index (χ4n) is 4.88. The zero-order chi connectivity index (χ0) is 22.9. The van der Waals surface area contributed by atoms with Crippen LogP contribution in [0.3, 0.4) is 0 Å². The number of hydrogen-bond acceptors (Lipinski definition) is 5. The van der Waals surface area contributed by atoms with Gasteiger partial charge >= 0.3 is 5.97 Å². The van der Waals surface area contributed by atoms with Crippen LogP contribution in [-0.4, -0.2) is 37.0 Å². The molecule has 31 heavy (non-hydrogen) atoms. The third-order valence-electron chi connectivity index (χ3n) is 6.53. The SMILES string of the molecule is CON1CCC(CC2CC(OC(=O)C(C)(C)C)=C(c3c(C)cc(C)cc3C)C2=O)CC1. The average molecular weight is 428 g/mol. The van der Waals surface area contributed by atoms with Gasteiger partial charge in [-0.3, -0.25) is 9.59 Å². The molecule has 1 saturated heterocycles. The number of carbonyl (C=O) groups excluding carboxylic acids is 2. The number of aryl methyl sites for hydroxylation is 3. The molecule has 1 aromatic carbocycles. The smallest absolute Gasteiger partial charge is 0.316 e. The van der Waals surface area contributed by atoms with E-state index >= 15 is 0 Å². The Hall–Kier alpha value is -1.98. The molecule has 0 spiro atoms. The van der Waals surface area contributed by atoms with Crippen molar-refractivity contribution in [2.45, 2.75) is 67.2 Å². The summed E-state index contributed by atoms with van der Waals surface area (Å²) in [5.74, 6) is 0.751. The normalized spacial score (nSPS) is 21.1. The van der Waals surface area contributed by atoms with E-state index in [4.69, 9.17) is 9.57 Å². The number of hydroxylamine groups is 2. The fourth-order valence-corrected chi connectivity index (χ4v) is 4.88. The molecule has 0 bridgehead atoms. The standard InChI is InChI=1S/C26H37NO4/c1-16-12-17(2)22(18(3)13-16)23-21(31-25(29)26(4,5)6)15-20(24(23)28)14-19-8-10-27(30-7)11-9-19/h12-13,19-20H,8-11,14-15H2,1-7H3. The first kappa shape index (κ1) is 23.7. The third-order valence-corrected chi connectivity index (χ3v) is 6.53. The van der Waals surface area contributed by atoms with Crippen LogP contribution in [-0.2, 0) is 19.2 Å². The lowest BCUT2D eigenvalue weighted by molar-refractivity contribution is -0.150. The Balaban J connectivity index is 1.90. The Morgan fingerprint density at radius 1 is 1.10 bits per heavy atom. The maximum absolute atomic E-state index is 13.6. The van der Waals surface area contributed by atoms with Crippen molar-refractivity contribution in [2.75, 3.05) is 20.2 Å². The second-order valence-electron chi connectivity index (χ2n) is 10.3. The highest BCUT2D eigenvalue weighted by molar-refractivity contribution is 6.25. The van der Waals surface area contributed by atoms with Gasteiger partial charge in [0.2, 0.25) is 0 Å². The van der Waals surface area contributed by atoms with Gasteiger partial charge in [-0.15, -0.1) is 0 Å². The lowest BCUT2D eigenvalue weighted by Gasteiger charge is -2.31. The summed E-state index contributed by atoms with van der Waals surface area (Å²) in [6.07, 6.45) is 3.38. The Morgan fingerprint density at radius 2 is 1.68 bits per heavy atom. The number of rotatable bonds is 5. The van der Waals surface area contributed by atoms with Gasteiger partial charge in [0.15, 0.2) is 5.78 Å². The molecule has 2 aliphatic rings. The van der Waals surface area contributed by atoms with E-state index in [0.29, 0.717) is 23.7 Å². The van der Waals surface area contributed by atoms with E-state index in [1.807, 2.05) is 39.7 Å². The average Bonchev–Trinajstić information content (AvgIpc) is 2.96. The maximum Gasteiger partial charge on any atom is 0.316 e. The van der Waals surface area contributed by atoms with Crippen LogP contribution in [0.15, 0.2) is 17.9 Å². The molecule has 1 heterocycles. The molecule has 1 atom stereocenters. The minimum Gasteiger partial charge on any atom is -0.430 e. The number of esters is 1. The van der Waals surface area contributed by atoms with Gasteiger partial charge in [0.05, 0.1) is 18.1 Å². The van der Waals surface area contributed by atoms with Gasteiger partial charge in [0.25, 0.3) is 0 Å². The van der Waals surface area contributed by atoms with Crippen molar-refractivity contribution in [1.82, 2.24) is 5.06 Å². The summed E-state index contributed by atoms with van der Waals surface area (Å²) in [6, 6.07) is 4.19. The van der Waals surface area contributed by atoms with Gasteiger partial charge in [-0.05, 0) is 83.4 Å². The molecular formula is C26H37NO4. The highest BCUT2D eigenvalue weighted by Gasteiger charge is 2.40. The van der Waals surface area contributed by atoms with Gasteiger partial charge in [0.1, 0.15) is 5.76 Å². The van der Waals surface area contributed by atoms with E-state index in [-0.39, 0.29) is 17.7 Å². The molecule has 0 aromatic heterocycles. The van der Waals surface area contributed by atoms with E-state index in [1.54, 1.807) is 7.11 Å². The molecule has 5 heteroatoms. The number of piperidine rings is 1. The van der Waals surface area contributed by atoms with Crippen molar-refractivity contribution in [3.63, 3.8) is 0 Å². The van der Waals surface area contributed by atoms with Crippen LogP contribution in [0.4, 0.5) is 0 Å². The summed E-state index contributed by atoms with van der Waals surface area (Å²) in [5.41, 5.74) is 4.21. The van der Waals surface area contributed by atoms with Crippen molar-refractivity contribution < 1.29 is 19.2 Å². The van der Waals surface area contributed by atoms with Crippen molar-refractivity contribution >= 4 is 17.3 Å². The van der Waals surface area contributed by atoms with E-state index in [2.05, 4.69) is 19.1 Å². The molecule has 1 aliphatic carbocycles. The number of ether oxygens (including phenoxy) is 1. The zero-order valence-corrected chi connectivity index (χ0v) is 20.1. The Kier molecular flexibility index (Phi) is 7.07. The predicted molar refractivity (Wildman–Crippen MR) is 122 cm³/mol. The summed E-state index contributed by atoms with van der Waals surface area (Å²) in [7, 11) is 1.71. The highest BCUT2D eigenvalue weighted by Crippen LogP contribution is 2.42. The summed E-state index contributed by atoms with van der Waals surface area (Å²) < 4.78 is 5.90. The van der Waals surface area contributed by atoms with Crippen molar-refractivity contribution in [3.05, 3.63) is 40.1 Å². The summed E-state index contributed by atoms with van der Waals surface area (Å²) in [5, 5.41) is 1.98. The molecule has 1 aromatic rings. The Labute approximate surface area is 186 Å². The molecule has 0 amide bonds. The number of ketones is 1. The quantitative estimate of drug-likeness (QED) is 0.607. The van der Waals surface area contributed by atoms with E-state index in [1.165, 1.54) is 5.56 Å². The van der Waals surface area contributed by atoms with Gasteiger partial charge in [-0.25, -0.2) is 0 Å². The summed E-state index contributed by atoms with van der Waals surface area (Å²) in [4.78, 5) is 31.7. The second-order valence-corrected chi connectivity index (χ2v) is 10.3. The number of nitrogens with zero attached hydrogens (tertiary/aromatic N) is 1. The molecule has 1 unspecified atom stereocenters. The van der Waals surface area contributed by atoms with Crippen LogP contribution >= 0.6 is 0 Å². The first-order valence-electron chi connectivity index (χ1n) is 11.4. The van der Waals surface area contributed by atoms with Crippen LogP contribution in [0.2, 0.25) is 0 Å². The fraction of sp³-hybridized carbons (Fsp3) is 0.615. The van der Waals surface area contributed by atoms with Crippen LogP contribution in [0, 0.1) is 38.0 Å². The first-order valence-corrected chi connectivity index (χ1v) is 11.4. The molecule has 0 N–H and O–H groups in total. The van der Waals surface area contributed by atoms with E-state index in [9.17, 15) is 9.59 Å². The van der Waals surface area contributed by atoms with Crippen LogP contribution < -0.4 is 0 Å². The van der Waals surface area contributed by atoms with Gasteiger partial charge in [-0.2, -0.15) is 5.06 Å². The third kappa shape index (κ3) is 5.27. The number of hydrogen-bond donors (Lipinski definition) is 0. The minimum absolute atomic E-state index is 0.126. The lowest BCUT2D eigenvalue weighted by atomic mass is 9.84. The summed E-state index contributed by atoms with van der Waals surface area (Å²) >= 11 is 0. The van der Waals surface area contributed by atoms with Gasteiger partial charge < -0.3 is 9.57 Å². The van der Waals surface area contributed by atoms with Gasteiger partial charge in [0, 0.05) is 25.4 Å². The molecular weight excluding hydrogens is 390 g/mol. The van der Waals surface area contributed by atoms with Crippen molar-refractivity contribution in [3.8, 4) is 0 Å². The highest BCUT2D eigenvalue weighted by atomic mass is 16.7. The largest absolute Gasteiger partial charge is 0.430 e. The molecule has 5 nitrogen and oxygen atoms in total. The van der Waals surface area contributed by atoms with Crippen LogP contribution in [0.1, 0.15) is 68.7 Å². The predicted octanol–water partition coefficient (Wildman–Crippen LogP) is 5.16. The molecule has 1 fully saturated rings. The minimum atomic E-state index is -0.621. The Bertz CT molecular complexity index is 862. The maximum atomic E-state index is 13.6. The molecule has 0 saturated carbocycles. The monoisotopic (exact) mass is 427 g/mol. The van der Waals surface area contributed by atoms with E-state index in [0.717, 1.165) is 49.0 Å². The number of Topliss-reactive ketones (excluding diaryl/α,β-unsaturated/α-hetero) is 1. The number of allylic oxidation sites excluding steroid dienone is 2. The second kappa shape index (κ2) is 9.25. The molecule has 0 radical (unpaired) electrons. The first-order chi connectivity index (χ1) is 14.5. The van der Waals surface area contributed by atoms with Crippen molar-refractivity contribution in [2.24, 2.45) is 17.3 Å². The topological polar surface area (TPSA) is 55.8 Å². The lowest BCUT2D eigenvalue weighted by Crippen LogP contribution is -2.33. The van der Waals surface area contributed by atoms with Gasteiger partial charge in [-0.1, -0.05) is 17.7 Å². The molecule has 3 rings (SSSR count). The summed E-state index contributed by atoms with van der Waals surface area (Å²) in [6.45, 7) is 13.4. The van der Waals surface area contributed by atoms with Crippen LogP contribution in [0.5, 0.6) is 0 Å². The van der Waals surface area contributed by atoms with E-state index < -0.39 is 5.41 Å². The Morgan fingerprint density at radius 3 is 2.19 bits per heavy atom. The van der Waals surface area contributed by atoms with Crippen molar-refractivity contribution in [1.29, 1.82) is 0 Å². The zero-order valence-electron chi connectivity index (χ0n) is 20.1. The molecule has 170 valence electrons. The number of carbonyl (C=O) groups is 2. The number of benzene rings is 1. The molecule has 1 aliphatic heterocycles.